The van der Waals surface area contributed by atoms with Crippen LogP contribution in [0.1, 0.15) is 72.3 Å². The Balaban J connectivity index is 1.78. The van der Waals surface area contributed by atoms with Gasteiger partial charge in [0.15, 0.2) is 0 Å². The molecule has 0 aromatic heterocycles. The summed E-state index contributed by atoms with van der Waals surface area (Å²) in [6, 6.07) is 7.89. The number of nitrogens with zero attached hydrogens (tertiary/aromatic N) is 2. The zero-order chi connectivity index (χ0) is 33.2. The van der Waals surface area contributed by atoms with Crippen LogP contribution < -0.4 is 0 Å². The molecule has 2 bridgehead atoms. The van der Waals surface area contributed by atoms with Gasteiger partial charge in [0.25, 0.3) is 0 Å². The Morgan fingerprint density at radius 2 is 1.87 bits per heavy atom. The van der Waals surface area contributed by atoms with Crippen molar-refractivity contribution in [2.24, 2.45) is 17.3 Å². The van der Waals surface area contributed by atoms with Crippen LogP contribution in [0.3, 0.4) is 0 Å². The maximum absolute atomic E-state index is 15.1. The van der Waals surface area contributed by atoms with E-state index in [9.17, 15) is 14.7 Å². The highest BCUT2D eigenvalue weighted by Gasteiger charge is 2.77. The number of hydrogen-bond acceptors (Lipinski definition) is 6. The number of carbonyl (C=O) groups excluding carboxylic acids is 3. The number of allylic oxidation sites excluding steroid dienone is 1. The number of esters is 1. The van der Waals surface area contributed by atoms with Crippen molar-refractivity contribution in [3.05, 3.63) is 61.2 Å². The molecule has 3 unspecified atom stereocenters. The summed E-state index contributed by atoms with van der Waals surface area (Å²) in [6.07, 6.45) is 6.74. The predicted molar refractivity (Wildman–Crippen MR) is 179 cm³/mol. The number of unbranched alkanes of at least 4 members (excludes halogenated alkanes) is 2. The number of likely N-dealkylation sites (tertiary alicyclic amines) is 1. The molecule has 0 saturated carbocycles. The number of aliphatic hydroxyl groups excluding tert-OH is 1. The molecule has 1 spiro atoms. The van der Waals surface area contributed by atoms with E-state index in [0.29, 0.717) is 25.7 Å². The van der Waals surface area contributed by atoms with Gasteiger partial charge in [0.05, 0.1) is 37.2 Å². The van der Waals surface area contributed by atoms with Gasteiger partial charge in [-0.25, -0.2) is 0 Å². The Bertz CT molecular complexity index is 1250. The molecule has 2 amide bonds. The minimum atomic E-state index is -1.25. The van der Waals surface area contributed by atoms with E-state index in [2.05, 4.69) is 49.9 Å². The lowest BCUT2D eigenvalue weighted by atomic mass is 9.70. The third-order valence-corrected chi connectivity index (χ3v) is 10.3. The van der Waals surface area contributed by atoms with Gasteiger partial charge in [-0.1, -0.05) is 79.2 Å². The summed E-state index contributed by atoms with van der Waals surface area (Å²) in [4.78, 5) is 46.5. The molecule has 4 rings (SSSR count). The lowest BCUT2D eigenvalue weighted by Gasteiger charge is -2.46. The highest BCUT2D eigenvalue weighted by atomic mass is 79.9. The molecule has 3 aliphatic heterocycles. The molecule has 3 saturated heterocycles. The summed E-state index contributed by atoms with van der Waals surface area (Å²) in [5, 5.41) is 10.8. The van der Waals surface area contributed by atoms with Gasteiger partial charge < -0.3 is 24.4 Å². The molecule has 7 atom stereocenters. The van der Waals surface area contributed by atoms with E-state index >= 15 is 4.79 Å². The van der Waals surface area contributed by atoms with Crippen LogP contribution in [-0.2, 0) is 30.3 Å². The predicted octanol–water partition coefficient (Wildman–Crippen LogP) is 5.47. The molecule has 0 radical (unpaired) electrons. The monoisotopic (exact) mass is 686 g/mol. The van der Waals surface area contributed by atoms with Crippen LogP contribution in [-0.4, -0.2) is 86.6 Å². The molecule has 3 aliphatic rings. The SMILES string of the molecule is C=CCCCCOC(=O)[C@H]1[C@@H]2OC3(CC2Br)C(C(=O)N(CC=C)C(C)(C)CC(C)(C)C)N([C@@H](CO)Cc2ccccc2)C(=O)[C@H]13. The Hall–Kier alpha value is -2.49. The van der Waals surface area contributed by atoms with Crippen LogP contribution in [0.5, 0.6) is 0 Å². The molecule has 9 heteroatoms. The topological polar surface area (TPSA) is 96.4 Å². The molecule has 45 heavy (non-hydrogen) atoms. The maximum atomic E-state index is 15.1. The van der Waals surface area contributed by atoms with Gasteiger partial charge in [-0.2, -0.15) is 0 Å². The van der Waals surface area contributed by atoms with Gasteiger partial charge in [-0.05, 0) is 63.4 Å². The second-order valence-electron chi connectivity index (χ2n) is 14.7. The fraction of sp³-hybridized carbons (Fsp3) is 0.639. The number of ether oxygens (including phenoxy) is 2. The average Bonchev–Trinajstić information content (AvgIpc) is 3.56. The fourth-order valence-electron chi connectivity index (χ4n) is 8.11. The van der Waals surface area contributed by atoms with Crippen LogP contribution in [0.15, 0.2) is 55.6 Å². The zero-order valence-electron chi connectivity index (χ0n) is 27.5. The minimum Gasteiger partial charge on any atom is -0.465 e. The Morgan fingerprint density at radius 3 is 2.47 bits per heavy atom. The summed E-state index contributed by atoms with van der Waals surface area (Å²) in [6.45, 7) is 18.3. The summed E-state index contributed by atoms with van der Waals surface area (Å²) >= 11 is 3.75. The molecular formula is C36H51BrN2O6. The van der Waals surface area contributed by atoms with Crippen molar-refractivity contribution in [2.45, 2.75) is 107 Å². The van der Waals surface area contributed by atoms with Crippen molar-refractivity contribution in [1.82, 2.24) is 9.80 Å². The summed E-state index contributed by atoms with van der Waals surface area (Å²) in [5.74, 6) is -2.83. The molecule has 3 fully saturated rings. The number of hydrogen-bond donors (Lipinski definition) is 1. The highest BCUT2D eigenvalue weighted by molar-refractivity contribution is 9.09. The van der Waals surface area contributed by atoms with Crippen molar-refractivity contribution < 1.29 is 29.0 Å². The van der Waals surface area contributed by atoms with Gasteiger partial charge >= 0.3 is 5.97 Å². The van der Waals surface area contributed by atoms with Crippen LogP contribution in [0, 0.1) is 17.3 Å². The first-order chi connectivity index (χ1) is 21.2. The molecular weight excluding hydrogens is 636 g/mol. The number of alkyl halides is 1. The van der Waals surface area contributed by atoms with Crippen LogP contribution in [0.2, 0.25) is 0 Å². The number of benzene rings is 1. The standard InChI is InChI=1S/C36H51BrN2O6/c1-8-10-11-15-19-44-33(43)27-28-31(41)39(25(22-40)20-24-16-13-12-14-17-24)30(36(28)21-26(37)29(27)45-36)32(42)38(18-9-2)35(6,7)23-34(3,4)5/h8-9,12-14,16-17,25-30,40H,1-2,10-11,15,18-23H2,3-7H3/t25-,26?,27-,28+,29-,30?,36?/m1/s1. The van der Waals surface area contributed by atoms with Gasteiger partial charge in [0, 0.05) is 16.9 Å². The Labute approximate surface area is 277 Å². The minimum absolute atomic E-state index is 0.0834. The average molecular weight is 688 g/mol. The Morgan fingerprint density at radius 1 is 1.18 bits per heavy atom. The molecule has 0 aliphatic carbocycles. The molecule has 1 aromatic carbocycles. The van der Waals surface area contributed by atoms with Crippen molar-refractivity contribution in [3.63, 3.8) is 0 Å². The number of rotatable bonds is 15. The van der Waals surface area contributed by atoms with Crippen LogP contribution in [0.4, 0.5) is 0 Å². The third kappa shape index (κ3) is 7.10. The largest absolute Gasteiger partial charge is 0.465 e. The number of fused-ring (bicyclic) bond motifs is 1. The van der Waals surface area contributed by atoms with Gasteiger partial charge in [0.2, 0.25) is 11.8 Å². The third-order valence-electron chi connectivity index (χ3n) is 9.47. The quantitative estimate of drug-likeness (QED) is 0.114. The van der Waals surface area contributed by atoms with Gasteiger partial charge in [0.1, 0.15) is 11.6 Å². The number of amides is 2. The van der Waals surface area contributed by atoms with Crippen LogP contribution >= 0.6 is 15.9 Å². The molecule has 3 heterocycles. The lowest BCUT2D eigenvalue weighted by molar-refractivity contribution is -0.158. The number of carbonyl (C=O) groups is 3. The van der Waals surface area contributed by atoms with E-state index in [4.69, 9.17) is 9.47 Å². The normalized spacial score (nSPS) is 28.1. The van der Waals surface area contributed by atoms with Crippen molar-refractivity contribution in [2.75, 3.05) is 19.8 Å². The second-order valence-corrected chi connectivity index (χ2v) is 15.9. The Kier molecular flexibility index (Phi) is 11.1. The molecule has 248 valence electrons. The van der Waals surface area contributed by atoms with Gasteiger partial charge in [-0.3, -0.25) is 14.4 Å². The molecule has 1 N–H and O–H groups in total. The molecule has 1 aromatic rings. The fourth-order valence-corrected chi connectivity index (χ4v) is 9.05. The van der Waals surface area contributed by atoms with E-state index in [1.54, 1.807) is 15.9 Å². The maximum Gasteiger partial charge on any atom is 0.312 e. The summed E-state index contributed by atoms with van der Waals surface area (Å²) < 4.78 is 12.4. The van der Waals surface area contributed by atoms with E-state index in [0.717, 1.165) is 18.4 Å². The second kappa shape index (κ2) is 14.1. The molecule has 8 nitrogen and oxygen atoms in total. The van der Waals surface area contributed by atoms with E-state index < -0.39 is 47.1 Å². The van der Waals surface area contributed by atoms with E-state index in [-0.39, 0.29) is 41.8 Å². The lowest BCUT2D eigenvalue weighted by Crippen LogP contribution is -2.63. The number of aliphatic hydroxyl groups is 1. The highest BCUT2D eigenvalue weighted by Crippen LogP contribution is 2.61. The summed E-state index contributed by atoms with van der Waals surface area (Å²) in [7, 11) is 0. The first-order valence-electron chi connectivity index (χ1n) is 16.2. The van der Waals surface area contributed by atoms with E-state index in [1.807, 2.05) is 50.3 Å². The van der Waals surface area contributed by atoms with E-state index in [1.165, 1.54) is 0 Å². The van der Waals surface area contributed by atoms with Crippen molar-refractivity contribution >= 4 is 33.7 Å². The van der Waals surface area contributed by atoms with Crippen molar-refractivity contribution in [3.8, 4) is 0 Å². The van der Waals surface area contributed by atoms with Crippen LogP contribution in [0.25, 0.3) is 0 Å². The van der Waals surface area contributed by atoms with Gasteiger partial charge in [-0.15, -0.1) is 13.2 Å². The van der Waals surface area contributed by atoms with Crippen molar-refractivity contribution in [1.29, 1.82) is 0 Å². The number of halogens is 1. The smallest absolute Gasteiger partial charge is 0.312 e. The summed E-state index contributed by atoms with van der Waals surface area (Å²) in [5.41, 5.74) is -0.990. The first kappa shape index (κ1) is 35.4. The first-order valence-corrected chi connectivity index (χ1v) is 17.1. The zero-order valence-corrected chi connectivity index (χ0v) is 29.1.